The molecule has 6 N–H and O–H groups in total. The second-order valence-corrected chi connectivity index (χ2v) is 3.21. The molecule has 1 rings (SSSR count). The quantitative estimate of drug-likeness (QED) is 0.554. The zero-order valence-corrected chi connectivity index (χ0v) is 9.66. The van der Waals surface area contributed by atoms with Crippen molar-refractivity contribution in [1.82, 2.24) is 0 Å². The summed E-state index contributed by atoms with van der Waals surface area (Å²) in [4.78, 5) is 40.3. The molecule has 0 unspecified atom stereocenters. The molecule has 2 amide bonds. The predicted octanol–water partition coefficient (Wildman–Crippen LogP) is -0.587. The largest absolute Gasteiger partial charge is 0.478 e. The summed E-state index contributed by atoms with van der Waals surface area (Å²) in [5.41, 5.74) is 9.05. The lowest BCUT2D eigenvalue weighted by molar-refractivity contribution is -0.123. The third-order valence-corrected chi connectivity index (χ3v) is 1.71. The van der Waals surface area contributed by atoms with E-state index < -0.39 is 29.5 Å². The standard InChI is InChI=1S/C6H4O5.C4H8N2O2/c7-5(8)3-1-2-11-4(3)6(9)10;5-3(7)1-2-4(6)8/h1-2H,(H,7,8)(H,9,10);1-2H2,(H2,5,7)(H2,6,8). The van der Waals surface area contributed by atoms with Gasteiger partial charge in [-0.15, -0.1) is 0 Å². The molecule has 0 aliphatic carbocycles. The van der Waals surface area contributed by atoms with E-state index in [0.717, 1.165) is 12.3 Å². The fraction of sp³-hybridized carbons (Fsp3) is 0.200. The first kappa shape index (κ1) is 16.2. The molecule has 0 spiro atoms. The zero-order valence-electron chi connectivity index (χ0n) is 9.66. The molecule has 1 aromatic rings. The van der Waals surface area contributed by atoms with Crippen molar-refractivity contribution in [1.29, 1.82) is 0 Å². The number of carbonyl (C=O) groups is 4. The maximum atomic E-state index is 10.3. The number of carboxylic acids is 2. The fourth-order valence-corrected chi connectivity index (χ4v) is 0.890. The van der Waals surface area contributed by atoms with Crippen molar-refractivity contribution in [3.8, 4) is 0 Å². The molecular formula is C10H12N2O7. The Bertz CT molecular complexity index is 449. The molecule has 0 atom stereocenters. The van der Waals surface area contributed by atoms with E-state index in [1.807, 2.05) is 0 Å². The van der Waals surface area contributed by atoms with Gasteiger partial charge in [0.1, 0.15) is 5.56 Å². The number of nitrogens with two attached hydrogens (primary N) is 2. The van der Waals surface area contributed by atoms with E-state index in [0.29, 0.717) is 0 Å². The molecule has 0 saturated heterocycles. The summed E-state index contributed by atoms with van der Waals surface area (Å²) in [6, 6.07) is 1.09. The zero-order chi connectivity index (χ0) is 15.0. The molecule has 0 saturated carbocycles. The number of carbonyl (C=O) groups excluding carboxylic acids is 2. The summed E-state index contributed by atoms with van der Waals surface area (Å²) in [6.45, 7) is 0. The number of aromatic carboxylic acids is 2. The Labute approximate surface area is 106 Å². The van der Waals surface area contributed by atoms with E-state index in [-0.39, 0.29) is 18.4 Å². The van der Waals surface area contributed by atoms with Crippen LogP contribution in [-0.2, 0) is 9.59 Å². The molecule has 0 fully saturated rings. The van der Waals surface area contributed by atoms with Crippen LogP contribution in [0.1, 0.15) is 33.8 Å². The van der Waals surface area contributed by atoms with Crippen LogP contribution in [0.4, 0.5) is 0 Å². The Morgan fingerprint density at radius 2 is 1.47 bits per heavy atom. The van der Waals surface area contributed by atoms with E-state index >= 15 is 0 Å². The van der Waals surface area contributed by atoms with E-state index in [1.165, 1.54) is 0 Å². The number of hydrogen-bond donors (Lipinski definition) is 4. The van der Waals surface area contributed by atoms with Crippen molar-refractivity contribution < 1.29 is 33.8 Å². The van der Waals surface area contributed by atoms with Crippen molar-refractivity contribution in [2.24, 2.45) is 11.5 Å². The average molecular weight is 272 g/mol. The lowest BCUT2D eigenvalue weighted by Gasteiger charge is -1.88. The highest BCUT2D eigenvalue weighted by Gasteiger charge is 2.18. The summed E-state index contributed by atoms with van der Waals surface area (Å²) >= 11 is 0. The summed E-state index contributed by atoms with van der Waals surface area (Å²) in [5, 5.41) is 16.7. The minimum Gasteiger partial charge on any atom is -0.478 e. The molecule has 0 aliphatic heterocycles. The average Bonchev–Trinajstić information content (AvgIpc) is 2.76. The van der Waals surface area contributed by atoms with Crippen molar-refractivity contribution in [3.05, 3.63) is 23.7 Å². The third kappa shape index (κ3) is 6.46. The van der Waals surface area contributed by atoms with Crippen molar-refractivity contribution in [3.63, 3.8) is 0 Å². The monoisotopic (exact) mass is 272 g/mol. The van der Waals surface area contributed by atoms with Gasteiger partial charge in [-0.25, -0.2) is 9.59 Å². The second kappa shape index (κ2) is 7.48. The van der Waals surface area contributed by atoms with Gasteiger partial charge < -0.3 is 26.1 Å². The number of carboxylic acid groups (broad SMARTS) is 2. The first-order valence-corrected chi connectivity index (χ1v) is 4.86. The number of rotatable bonds is 5. The van der Waals surface area contributed by atoms with E-state index in [2.05, 4.69) is 4.42 Å². The number of amides is 2. The highest BCUT2D eigenvalue weighted by atomic mass is 16.4. The van der Waals surface area contributed by atoms with E-state index in [9.17, 15) is 19.2 Å². The Balaban J connectivity index is 0.000000362. The van der Waals surface area contributed by atoms with Gasteiger partial charge in [0.15, 0.2) is 0 Å². The number of furan rings is 1. The summed E-state index contributed by atoms with van der Waals surface area (Å²) in [5.74, 6) is -4.23. The molecule has 1 aromatic heterocycles. The van der Waals surface area contributed by atoms with Crippen LogP contribution in [0, 0.1) is 0 Å². The van der Waals surface area contributed by atoms with Gasteiger partial charge in [-0.1, -0.05) is 0 Å². The van der Waals surface area contributed by atoms with E-state index in [4.69, 9.17) is 21.7 Å². The lowest BCUT2D eigenvalue weighted by atomic mass is 10.2. The first-order valence-electron chi connectivity index (χ1n) is 4.86. The fourth-order valence-electron chi connectivity index (χ4n) is 0.890. The molecule has 0 radical (unpaired) electrons. The van der Waals surface area contributed by atoms with Gasteiger partial charge in [0.2, 0.25) is 17.6 Å². The highest BCUT2D eigenvalue weighted by Crippen LogP contribution is 2.09. The smallest absolute Gasteiger partial charge is 0.372 e. The normalized spacial score (nSPS) is 9.05. The Morgan fingerprint density at radius 1 is 1.00 bits per heavy atom. The van der Waals surface area contributed by atoms with Crippen LogP contribution in [-0.4, -0.2) is 34.0 Å². The SMILES string of the molecule is NC(=O)CCC(N)=O.O=C(O)c1ccoc1C(=O)O. The Hall–Kier alpha value is -2.84. The van der Waals surface area contributed by atoms with Crippen molar-refractivity contribution in [2.45, 2.75) is 12.8 Å². The predicted molar refractivity (Wildman–Crippen MR) is 60.2 cm³/mol. The van der Waals surface area contributed by atoms with Gasteiger partial charge in [-0.2, -0.15) is 0 Å². The van der Waals surface area contributed by atoms with Crippen LogP contribution in [0.3, 0.4) is 0 Å². The molecule has 9 heteroatoms. The minimum absolute atomic E-state index is 0.0509. The maximum Gasteiger partial charge on any atom is 0.372 e. The Morgan fingerprint density at radius 3 is 1.74 bits per heavy atom. The molecule has 104 valence electrons. The first-order chi connectivity index (χ1) is 8.75. The summed E-state index contributed by atoms with van der Waals surface area (Å²) in [6.07, 6.45) is 1.12. The molecule has 19 heavy (non-hydrogen) atoms. The molecule has 0 aliphatic rings. The molecule has 1 heterocycles. The maximum absolute atomic E-state index is 10.3. The van der Waals surface area contributed by atoms with Crippen LogP contribution in [0.15, 0.2) is 16.7 Å². The Kier molecular flexibility index (Phi) is 6.36. The molecular weight excluding hydrogens is 260 g/mol. The summed E-state index contributed by atoms with van der Waals surface area (Å²) in [7, 11) is 0. The lowest BCUT2D eigenvalue weighted by Crippen LogP contribution is -2.16. The minimum atomic E-state index is -1.38. The topological polar surface area (TPSA) is 174 Å². The van der Waals surface area contributed by atoms with Crippen LogP contribution >= 0.6 is 0 Å². The van der Waals surface area contributed by atoms with Gasteiger partial charge in [0, 0.05) is 12.8 Å². The molecule has 0 bridgehead atoms. The van der Waals surface area contributed by atoms with Gasteiger partial charge in [0.25, 0.3) is 0 Å². The molecule has 0 aromatic carbocycles. The van der Waals surface area contributed by atoms with Crippen LogP contribution in [0.2, 0.25) is 0 Å². The van der Waals surface area contributed by atoms with Crippen molar-refractivity contribution >= 4 is 23.8 Å². The van der Waals surface area contributed by atoms with Gasteiger partial charge in [0.05, 0.1) is 6.26 Å². The van der Waals surface area contributed by atoms with Crippen LogP contribution in [0.25, 0.3) is 0 Å². The van der Waals surface area contributed by atoms with Gasteiger partial charge in [-0.05, 0) is 6.07 Å². The van der Waals surface area contributed by atoms with Crippen molar-refractivity contribution in [2.75, 3.05) is 0 Å². The second-order valence-electron chi connectivity index (χ2n) is 3.21. The van der Waals surface area contributed by atoms with E-state index in [1.54, 1.807) is 0 Å². The van der Waals surface area contributed by atoms with Crippen LogP contribution < -0.4 is 11.5 Å². The molecule has 9 nitrogen and oxygen atoms in total. The number of hydrogen-bond acceptors (Lipinski definition) is 5. The third-order valence-electron chi connectivity index (χ3n) is 1.71. The van der Waals surface area contributed by atoms with Crippen LogP contribution in [0.5, 0.6) is 0 Å². The highest BCUT2D eigenvalue weighted by molar-refractivity contribution is 5.99. The van der Waals surface area contributed by atoms with Gasteiger partial charge >= 0.3 is 11.9 Å². The summed E-state index contributed by atoms with van der Waals surface area (Å²) < 4.78 is 4.41. The number of primary amides is 2. The van der Waals surface area contributed by atoms with Gasteiger partial charge in [-0.3, -0.25) is 9.59 Å².